The SMILES string of the molecule is NC1CCCCN(Cc2nc(-c3cnc4ccccc4c3)no2)C1=O. The number of amides is 1. The first-order valence-corrected chi connectivity index (χ1v) is 8.43. The summed E-state index contributed by atoms with van der Waals surface area (Å²) in [6.07, 6.45) is 4.35. The van der Waals surface area contributed by atoms with E-state index < -0.39 is 6.04 Å². The molecule has 2 N–H and O–H groups in total. The first-order valence-electron chi connectivity index (χ1n) is 8.43. The van der Waals surface area contributed by atoms with Crippen LogP contribution in [-0.2, 0) is 11.3 Å². The molecule has 1 atom stereocenters. The van der Waals surface area contributed by atoms with Crippen LogP contribution in [-0.4, -0.2) is 38.5 Å². The summed E-state index contributed by atoms with van der Waals surface area (Å²) in [7, 11) is 0. The van der Waals surface area contributed by atoms with E-state index in [4.69, 9.17) is 10.3 Å². The van der Waals surface area contributed by atoms with Crippen molar-refractivity contribution in [2.75, 3.05) is 6.54 Å². The average Bonchev–Trinajstić information content (AvgIpc) is 3.05. The molecule has 4 rings (SSSR count). The topological polar surface area (TPSA) is 98.1 Å². The van der Waals surface area contributed by atoms with Crippen molar-refractivity contribution in [3.63, 3.8) is 0 Å². The van der Waals surface area contributed by atoms with Gasteiger partial charge in [0.2, 0.25) is 17.6 Å². The highest BCUT2D eigenvalue weighted by Crippen LogP contribution is 2.21. The van der Waals surface area contributed by atoms with Gasteiger partial charge >= 0.3 is 0 Å². The standard InChI is InChI=1S/C18H19N5O2/c19-14-6-3-4-8-23(18(14)24)11-16-21-17(22-25-16)13-9-12-5-1-2-7-15(12)20-10-13/h1-2,5,7,9-10,14H,3-4,6,8,11,19H2. The Bertz CT molecular complexity index is 907. The molecule has 0 aliphatic carbocycles. The third-order valence-electron chi connectivity index (χ3n) is 4.46. The Balaban J connectivity index is 1.55. The van der Waals surface area contributed by atoms with Gasteiger partial charge in [-0.3, -0.25) is 9.78 Å². The van der Waals surface area contributed by atoms with Gasteiger partial charge in [-0.05, 0) is 31.4 Å². The number of fused-ring (bicyclic) bond motifs is 1. The fourth-order valence-electron chi connectivity index (χ4n) is 3.09. The Morgan fingerprint density at radius 1 is 1.28 bits per heavy atom. The highest BCUT2D eigenvalue weighted by atomic mass is 16.5. The number of nitrogens with zero attached hydrogens (tertiary/aromatic N) is 4. The molecule has 128 valence electrons. The smallest absolute Gasteiger partial charge is 0.246 e. The number of carbonyl (C=O) groups excluding carboxylic acids is 1. The highest BCUT2D eigenvalue weighted by molar-refractivity contribution is 5.82. The van der Waals surface area contributed by atoms with E-state index in [0.29, 0.717) is 24.8 Å². The first-order chi connectivity index (χ1) is 12.2. The lowest BCUT2D eigenvalue weighted by atomic mass is 10.1. The Kier molecular flexibility index (Phi) is 4.15. The van der Waals surface area contributed by atoms with Crippen LogP contribution in [0.2, 0.25) is 0 Å². The molecule has 1 unspecified atom stereocenters. The van der Waals surface area contributed by atoms with Crippen LogP contribution in [0.1, 0.15) is 25.2 Å². The predicted molar refractivity (Wildman–Crippen MR) is 92.3 cm³/mol. The lowest BCUT2D eigenvalue weighted by Gasteiger charge is -2.20. The molecule has 0 saturated carbocycles. The van der Waals surface area contributed by atoms with Crippen LogP contribution in [0.4, 0.5) is 0 Å². The maximum absolute atomic E-state index is 12.3. The maximum atomic E-state index is 12.3. The third kappa shape index (κ3) is 3.23. The van der Waals surface area contributed by atoms with Gasteiger partial charge < -0.3 is 15.2 Å². The van der Waals surface area contributed by atoms with E-state index >= 15 is 0 Å². The van der Waals surface area contributed by atoms with Crippen molar-refractivity contribution in [2.45, 2.75) is 31.8 Å². The molecule has 3 aromatic rings. The molecule has 0 spiro atoms. The van der Waals surface area contributed by atoms with Crippen molar-refractivity contribution in [2.24, 2.45) is 5.73 Å². The zero-order chi connectivity index (χ0) is 17.2. The number of benzene rings is 1. The minimum atomic E-state index is -0.436. The van der Waals surface area contributed by atoms with Crippen molar-refractivity contribution in [3.05, 3.63) is 42.4 Å². The summed E-state index contributed by atoms with van der Waals surface area (Å²) in [5.41, 5.74) is 7.61. The van der Waals surface area contributed by atoms with Crippen LogP contribution < -0.4 is 5.73 Å². The summed E-state index contributed by atoms with van der Waals surface area (Å²) < 4.78 is 5.33. The van der Waals surface area contributed by atoms with Crippen LogP contribution in [0.3, 0.4) is 0 Å². The third-order valence-corrected chi connectivity index (χ3v) is 4.46. The average molecular weight is 337 g/mol. The first kappa shape index (κ1) is 15.7. The molecular formula is C18H19N5O2. The van der Waals surface area contributed by atoms with Gasteiger partial charge in [-0.1, -0.05) is 23.4 Å². The van der Waals surface area contributed by atoms with Crippen LogP contribution in [0.5, 0.6) is 0 Å². The Hall–Kier alpha value is -2.80. The van der Waals surface area contributed by atoms with E-state index in [1.54, 1.807) is 11.1 Å². The quantitative estimate of drug-likeness (QED) is 0.786. The van der Waals surface area contributed by atoms with E-state index in [9.17, 15) is 4.79 Å². The van der Waals surface area contributed by atoms with Gasteiger partial charge in [0.1, 0.15) is 6.54 Å². The minimum Gasteiger partial charge on any atom is -0.337 e. The second-order valence-corrected chi connectivity index (χ2v) is 6.29. The number of para-hydroxylation sites is 1. The molecule has 0 bridgehead atoms. The van der Waals surface area contributed by atoms with E-state index in [-0.39, 0.29) is 5.91 Å². The lowest BCUT2D eigenvalue weighted by molar-refractivity contribution is -0.133. The fourth-order valence-corrected chi connectivity index (χ4v) is 3.09. The number of aromatic nitrogens is 3. The molecule has 1 fully saturated rings. The summed E-state index contributed by atoms with van der Waals surface area (Å²) in [6, 6.07) is 9.39. The summed E-state index contributed by atoms with van der Waals surface area (Å²) in [5.74, 6) is 0.829. The van der Waals surface area contributed by atoms with Crippen molar-refractivity contribution in [1.82, 2.24) is 20.0 Å². The van der Waals surface area contributed by atoms with Crippen LogP contribution in [0, 0.1) is 0 Å². The van der Waals surface area contributed by atoms with Gasteiger partial charge in [0.25, 0.3) is 0 Å². The van der Waals surface area contributed by atoms with Crippen LogP contribution >= 0.6 is 0 Å². The Morgan fingerprint density at radius 3 is 3.08 bits per heavy atom. The molecule has 3 heterocycles. The number of hydrogen-bond acceptors (Lipinski definition) is 6. The molecule has 25 heavy (non-hydrogen) atoms. The van der Waals surface area contributed by atoms with Crippen molar-refractivity contribution < 1.29 is 9.32 Å². The second kappa shape index (κ2) is 6.60. The summed E-state index contributed by atoms with van der Waals surface area (Å²) in [5, 5.41) is 5.04. The highest BCUT2D eigenvalue weighted by Gasteiger charge is 2.25. The second-order valence-electron chi connectivity index (χ2n) is 6.29. The van der Waals surface area contributed by atoms with Gasteiger partial charge in [0.05, 0.1) is 11.6 Å². The van der Waals surface area contributed by atoms with Gasteiger partial charge in [0.15, 0.2) is 0 Å². The number of pyridine rings is 1. The van der Waals surface area contributed by atoms with E-state index in [1.807, 2.05) is 30.3 Å². The number of carbonyl (C=O) groups is 1. The molecule has 1 aliphatic heterocycles. The number of hydrogen-bond donors (Lipinski definition) is 1. The van der Waals surface area contributed by atoms with Gasteiger partial charge in [0, 0.05) is 23.7 Å². The van der Waals surface area contributed by atoms with E-state index in [1.165, 1.54) is 0 Å². The molecule has 2 aromatic heterocycles. The normalized spacial score (nSPS) is 18.5. The largest absolute Gasteiger partial charge is 0.337 e. The number of likely N-dealkylation sites (tertiary alicyclic amines) is 1. The predicted octanol–water partition coefficient (Wildman–Crippen LogP) is 2.12. The zero-order valence-corrected chi connectivity index (χ0v) is 13.8. The molecule has 1 aliphatic rings. The van der Waals surface area contributed by atoms with Crippen molar-refractivity contribution in [1.29, 1.82) is 0 Å². The molecule has 1 saturated heterocycles. The lowest BCUT2D eigenvalue weighted by Crippen LogP contribution is -2.41. The van der Waals surface area contributed by atoms with Crippen LogP contribution in [0.25, 0.3) is 22.3 Å². The van der Waals surface area contributed by atoms with Gasteiger partial charge in [-0.2, -0.15) is 4.98 Å². The summed E-state index contributed by atoms with van der Waals surface area (Å²) in [6.45, 7) is 0.961. The van der Waals surface area contributed by atoms with E-state index in [2.05, 4.69) is 15.1 Å². The Morgan fingerprint density at radius 2 is 2.16 bits per heavy atom. The van der Waals surface area contributed by atoms with Crippen LogP contribution in [0.15, 0.2) is 41.1 Å². The summed E-state index contributed by atoms with van der Waals surface area (Å²) in [4.78, 5) is 22.8. The molecule has 1 amide bonds. The number of rotatable bonds is 3. The minimum absolute atomic E-state index is 0.0513. The molecule has 1 aromatic carbocycles. The Labute approximate surface area is 144 Å². The monoisotopic (exact) mass is 337 g/mol. The zero-order valence-electron chi connectivity index (χ0n) is 13.8. The summed E-state index contributed by atoms with van der Waals surface area (Å²) >= 11 is 0. The molecule has 7 heteroatoms. The molecule has 7 nitrogen and oxygen atoms in total. The van der Waals surface area contributed by atoms with E-state index in [0.717, 1.165) is 35.7 Å². The fraction of sp³-hybridized carbons (Fsp3) is 0.333. The van der Waals surface area contributed by atoms with Gasteiger partial charge in [-0.25, -0.2) is 0 Å². The molecule has 0 radical (unpaired) electrons. The number of nitrogens with two attached hydrogens (primary N) is 1. The molecular weight excluding hydrogens is 318 g/mol. The van der Waals surface area contributed by atoms with Gasteiger partial charge in [-0.15, -0.1) is 0 Å². The van der Waals surface area contributed by atoms with Crippen molar-refractivity contribution in [3.8, 4) is 11.4 Å². The van der Waals surface area contributed by atoms with Crippen molar-refractivity contribution >= 4 is 16.8 Å². The maximum Gasteiger partial charge on any atom is 0.246 e.